The number of hydrogen-bond acceptors (Lipinski definition) is 12. The van der Waals surface area contributed by atoms with Gasteiger partial charge in [0, 0.05) is 19.3 Å². The van der Waals surface area contributed by atoms with E-state index in [1.807, 2.05) is 37.3 Å². The third-order valence-corrected chi connectivity index (χ3v) is 8.61. The van der Waals surface area contributed by atoms with E-state index in [-0.39, 0.29) is 58.5 Å². The fourth-order valence-corrected chi connectivity index (χ4v) is 5.42. The number of carbonyl (C=O) groups excluding carboxylic acids is 7. The molecule has 60 heavy (non-hydrogen) atoms. The van der Waals surface area contributed by atoms with Gasteiger partial charge in [0.25, 0.3) is 0 Å². The molecule has 0 aliphatic heterocycles. The summed E-state index contributed by atoms with van der Waals surface area (Å²) < 4.78 is 26.9. The first kappa shape index (κ1) is 48.1. The van der Waals surface area contributed by atoms with Crippen LogP contribution in [0.4, 0.5) is 4.79 Å². The Morgan fingerprint density at radius 3 is 1.43 bits per heavy atom. The number of rotatable bonds is 24. The summed E-state index contributed by atoms with van der Waals surface area (Å²) in [5.74, 6) is -4.35. The van der Waals surface area contributed by atoms with Crippen molar-refractivity contribution in [3.63, 3.8) is 0 Å². The van der Waals surface area contributed by atoms with Crippen LogP contribution in [-0.2, 0) is 72.3 Å². The lowest BCUT2D eigenvalue weighted by atomic mass is 10.1. The molecule has 15 nitrogen and oxygen atoms in total. The number of benzene rings is 3. The van der Waals surface area contributed by atoms with E-state index in [1.54, 1.807) is 81.4 Å². The van der Waals surface area contributed by atoms with Crippen molar-refractivity contribution in [2.24, 2.45) is 0 Å². The van der Waals surface area contributed by atoms with Crippen molar-refractivity contribution in [3.8, 4) is 0 Å². The molecule has 0 aromatic heterocycles. The van der Waals surface area contributed by atoms with Gasteiger partial charge in [-0.3, -0.25) is 19.2 Å². The number of hydrogen-bond donors (Lipinski definition) is 3. The third-order valence-electron chi connectivity index (χ3n) is 8.61. The monoisotopic (exact) mass is 831 g/mol. The van der Waals surface area contributed by atoms with Crippen LogP contribution in [0.5, 0.6) is 0 Å². The minimum atomic E-state index is -1.42. The van der Waals surface area contributed by atoms with E-state index < -0.39 is 71.9 Å². The summed E-state index contributed by atoms with van der Waals surface area (Å²) in [4.78, 5) is 91.8. The highest BCUT2D eigenvalue weighted by molar-refractivity contribution is 5.91. The molecule has 3 rings (SSSR count). The zero-order chi connectivity index (χ0) is 43.8. The Bertz CT molecular complexity index is 1820. The van der Waals surface area contributed by atoms with Crippen molar-refractivity contribution in [2.45, 2.75) is 123 Å². The van der Waals surface area contributed by atoms with Crippen molar-refractivity contribution in [1.29, 1.82) is 0 Å². The Morgan fingerprint density at radius 1 is 0.533 bits per heavy atom. The maximum absolute atomic E-state index is 13.8. The van der Waals surface area contributed by atoms with E-state index in [1.165, 1.54) is 0 Å². The van der Waals surface area contributed by atoms with Gasteiger partial charge in [-0.25, -0.2) is 14.4 Å². The Hall–Kier alpha value is -6.25. The molecule has 0 heterocycles. The fourth-order valence-electron chi connectivity index (χ4n) is 5.42. The van der Waals surface area contributed by atoms with Crippen LogP contribution >= 0.6 is 0 Å². The van der Waals surface area contributed by atoms with Gasteiger partial charge in [-0.05, 0) is 63.1 Å². The first-order valence-electron chi connectivity index (χ1n) is 20.1. The number of amides is 3. The Labute approximate surface area is 351 Å². The molecule has 0 saturated carbocycles. The molecule has 15 heteroatoms. The zero-order valence-corrected chi connectivity index (χ0v) is 34.8. The van der Waals surface area contributed by atoms with Crippen LogP contribution in [0.3, 0.4) is 0 Å². The Kier molecular flexibility index (Phi) is 20.8. The molecule has 0 aliphatic rings. The lowest BCUT2D eigenvalue weighted by molar-refractivity contribution is -0.151. The highest BCUT2D eigenvalue weighted by Crippen LogP contribution is 2.13. The van der Waals surface area contributed by atoms with Crippen LogP contribution in [0, 0.1) is 0 Å². The first-order valence-corrected chi connectivity index (χ1v) is 20.1. The molecule has 3 N–H and O–H groups in total. The van der Waals surface area contributed by atoms with E-state index in [2.05, 4.69) is 16.0 Å². The van der Waals surface area contributed by atoms with Gasteiger partial charge >= 0.3 is 30.0 Å². The van der Waals surface area contributed by atoms with Gasteiger partial charge in [0.2, 0.25) is 11.8 Å². The topological polar surface area (TPSA) is 202 Å². The second-order valence-corrected chi connectivity index (χ2v) is 14.9. The minimum absolute atomic E-state index is 0.0194. The maximum Gasteiger partial charge on any atom is 0.408 e. The van der Waals surface area contributed by atoms with Gasteiger partial charge in [-0.15, -0.1) is 0 Å². The Morgan fingerprint density at radius 2 is 0.967 bits per heavy atom. The molecule has 324 valence electrons. The largest absolute Gasteiger partial charge is 0.464 e. The normalized spacial score (nSPS) is 12.4. The predicted octanol–water partition coefficient (Wildman–Crippen LogP) is 5.76. The molecular formula is C45H57N3O12. The van der Waals surface area contributed by atoms with Crippen molar-refractivity contribution in [2.75, 3.05) is 6.61 Å². The highest BCUT2D eigenvalue weighted by atomic mass is 16.6. The molecular weight excluding hydrogens is 775 g/mol. The third kappa shape index (κ3) is 19.9. The van der Waals surface area contributed by atoms with E-state index in [9.17, 15) is 33.6 Å². The molecule has 3 amide bonds. The van der Waals surface area contributed by atoms with E-state index in [0.29, 0.717) is 12.0 Å². The van der Waals surface area contributed by atoms with Crippen LogP contribution in [0.2, 0.25) is 0 Å². The van der Waals surface area contributed by atoms with Gasteiger partial charge in [0.1, 0.15) is 43.5 Å². The second-order valence-electron chi connectivity index (χ2n) is 14.9. The number of ether oxygens (including phenoxy) is 5. The van der Waals surface area contributed by atoms with Gasteiger partial charge in [0.15, 0.2) is 0 Å². The van der Waals surface area contributed by atoms with Crippen LogP contribution in [-0.4, -0.2) is 72.1 Å². The maximum atomic E-state index is 13.8. The number of esters is 4. The molecule has 0 aliphatic carbocycles. The number of nitrogens with one attached hydrogen (secondary N) is 3. The van der Waals surface area contributed by atoms with Crippen molar-refractivity contribution in [3.05, 3.63) is 108 Å². The van der Waals surface area contributed by atoms with Crippen molar-refractivity contribution < 1.29 is 57.2 Å². The smallest absolute Gasteiger partial charge is 0.408 e. The first-order chi connectivity index (χ1) is 28.7. The molecule has 3 aromatic carbocycles. The number of unbranched alkanes of at least 4 members (excludes halogenated alkanes) is 1. The summed E-state index contributed by atoms with van der Waals surface area (Å²) in [6.07, 6.45) is -1.15. The number of carbonyl (C=O) groups is 7. The van der Waals surface area contributed by atoms with Crippen LogP contribution in [0.15, 0.2) is 91.0 Å². The molecule has 0 fully saturated rings. The molecule has 0 bridgehead atoms. The van der Waals surface area contributed by atoms with Crippen LogP contribution < -0.4 is 16.0 Å². The zero-order valence-electron chi connectivity index (χ0n) is 34.8. The summed E-state index contributed by atoms with van der Waals surface area (Å²) >= 11 is 0. The molecule has 0 saturated heterocycles. The van der Waals surface area contributed by atoms with Crippen LogP contribution in [0.25, 0.3) is 0 Å². The second kappa shape index (κ2) is 26.0. The molecule has 0 spiro atoms. The van der Waals surface area contributed by atoms with Crippen molar-refractivity contribution in [1.82, 2.24) is 16.0 Å². The van der Waals surface area contributed by atoms with E-state index in [4.69, 9.17) is 23.7 Å². The Balaban J connectivity index is 1.71. The quantitative estimate of drug-likeness (QED) is 0.0561. The summed E-state index contributed by atoms with van der Waals surface area (Å²) in [6, 6.07) is 23.0. The van der Waals surface area contributed by atoms with Crippen molar-refractivity contribution >= 4 is 41.8 Å². The molecule has 3 aromatic rings. The van der Waals surface area contributed by atoms with Crippen LogP contribution in [0.1, 0.15) is 95.8 Å². The summed E-state index contributed by atoms with van der Waals surface area (Å²) in [5, 5.41) is 7.61. The highest BCUT2D eigenvalue weighted by Gasteiger charge is 2.31. The predicted molar refractivity (Wildman–Crippen MR) is 219 cm³/mol. The van der Waals surface area contributed by atoms with Gasteiger partial charge in [0.05, 0.1) is 6.61 Å². The summed E-state index contributed by atoms with van der Waals surface area (Å²) in [7, 11) is 0. The molecule has 3 unspecified atom stereocenters. The lowest BCUT2D eigenvalue weighted by Crippen LogP contribution is -2.53. The van der Waals surface area contributed by atoms with Gasteiger partial charge < -0.3 is 39.6 Å². The molecule has 0 radical (unpaired) electrons. The number of alkyl carbamates (subject to hydrolysis) is 1. The minimum Gasteiger partial charge on any atom is -0.464 e. The van der Waals surface area contributed by atoms with E-state index >= 15 is 0 Å². The van der Waals surface area contributed by atoms with Gasteiger partial charge in [-0.2, -0.15) is 0 Å². The summed E-state index contributed by atoms with van der Waals surface area (Å²) in [6.45, 7) is 6.84. The average Bonchev–Trinajstić information content (AvgIpc) is 3.23. The van der Waals surface area contributed by atoms with Gasteiger partial charge in [-0.1, -0.05) is 104 Å². The fraction of sp³-hybridized carbons (Fsp3) is 0.444. The average molecular weight is 832 g/mol. The van der Waals surface area contributed by atoms with E-state index in [0.717, 1.165) is 17.5 Å². The lowest BCUT2D eigenvalue weighted by Gasteiger charge is -2.25. The molecule has 3 atom stereocenters. The summed E-state index contributed by atoms with van der Waals surface area (Å²) in [5.41, 5.74) is 1.31. The standard InChI is InChI=1S/C45H57N3O12/c1-5-6-28-56-42(53)37(24-27-40(51)58-30-33-18-12-8-13-19-33)47-41(52)35(48-44(55)60-45(2,3)4)22-25-38(49)46-36(43(54)59-31-34-20-14-9-15-21-34)23-26-39(50)57-29-32-16-10-7-11-17-32/h7-21,35-37H,5-6,22-31H2,1-4H3,(H,46,49)(H,47,52)(H,48,55). The SMILES string of the molecule is CCCCOC(=O)C(CCC(=O)OCc1ccccc1)NC(=O)C(CCC(=O)NC(CCC(=O)OCc1ccccc1)C(=O)OCc1ccccc1)NC(=O)OC(C)(C)C.